The number of hydrogen-bond donors (Lipinski definition) is 3. The summed E-state index contributed by atoms with van der Waals surface area (Å²) in [4.78, 5) is 14.5. The number of carbonyl (C=O) groups is 1. The Morgan fingerprint density at radius 3 is 2.53 bits per heavy atom. The topological polar surface area (TPSA) is 112 Å². The van der Waals surface area contributed by atoms with Crippen LogP contribution < -0.4 is 19.8 Å². The van der Waals surface area contributed by atoms with Gasteiger partial charge in [0.05, 0.1) is 26.1 Å². The smallest absolute Gasteiger partial charge is 0.289 e. The van der Waals surface area contributed by atoms with Gasteiger partial charge < -0.3 is 19.5 Å². The summed E-state index contributed by atoms with van der Waals surface area (Å²) in [6.07, 6.45) is 1.39. The van der Waals surface area contributed by atoms with Crippen molar-refractivity contribution in [3.63, 3.8) is 0 Å². The van der Waals surface area contributed by atoms with Crippen LogP contribution in [0.15, 0.2) is 47.6 Å². The second kappa shape index (κ2) is 10.3. The minimum atomic E-state index is -0.459. The van der Waals surface area contributed by atoms with Gasteiger partial charge in [0.2, 0.25) is 0 Å². The number of nitrogens with one attached hydrogen (secondary N) is 2. The molecule has 0 aliphatic rings. The number of rotatable bonds is 9. The molecule has 0 bridgehead atoms. The number of amides is 1. The standard InChI is InChI=1S/C23H27N5O4/c1-5-28(6-2)17-9-7-16(20(29)12-17)14-24-27-23(30)19-13-18(25-26-19)15-8-10-21(31-3)22(11-15)32-4/h7-14,29H,5-6H2,1-4H3,(H,25,26)(H,27,30). The van der Waals surface area contributed by atoms with E-state index in [2.05, 4.69) is 39.5 Å². The van der Waals surface area contributed by atoms with Crippen molar-refractivity contribution < 1.29 is 19.4 Å². The van der Waals surface area contributed by atoms with Crippen LogP contribution in [-0.2, 0) is 0 Å². The van der Waals surface area contributed by atoms with Crippen molar-refractivity contribution in [2.75, 3.05) is 32.2 Å². The highest BCUT2D eigenvalue weighted by atomic mass is 16.5. The number of carbonyl (C=O) groups excluding carboxylic acids is 1. The Bertz CT molecular complexity index is 1110. The third-order valence-corrected chi connectivity index (χ3v) is 5.01. The normalized spacial score (nSPS) is 10.9. The van der Waals surface area contributed by atoms with Gasteiger partial charge in [-0.2, -0.15) is 10.2 Å². The number of nitrogens with zero attached hydrogens (tertiary/aromatic N) is 3. The second-order valence-electron chi connectivity index (χ2n) is 6.85. The number of ether oxygens (including phenoxy) is 2. The fourth-order valence-corrected chi connectivity index (χ4v) is 3.23. The van der Waals surface area contributed by atoms with Gasteiger partial charge in [0.15, 0.2) is 11.5 Å². The summed E-state index contributed by atoms with van der Waals surface area (Å²) >= 11 is 0. The highest BCUT2D eigenvalue weighted by Crippen LogP contribution is 2.31. The van der Waals surface area contributed by atoms with E-state index in [4.69, 9.17) is 9.47 Å². The van der Waals surface area contributed by atoms with E-state index in [1.807, 2.05) is 12.1 Å². The Labute approximate surface area is 186 Å². The van der Waals surface area contributed by atoms with Crippen molar-refractivity contribution in [2.24, 2.45) is 5.10 Å². The number of hydrogen-bond acceptors (Lipinski definition) is 7. The molecule has 3 rings (SSSR count). The van der Waals surface area contributed by atoms with Gasteiger partial charge in [-0.15, -0.1) is 0 Å². The summed E-state index contributed by atoms with van der Waals surface area (Å²) < 4.78 is 10.5. The highest BCUT2D eigenvalue weighted by Gasteiger charge is 2.13. The molecule has 0 radical (unpaired) electrons. The summed E-state index contributed by atoms with van der Waals surface area (Å²) in [6, 6.07) is 12.3. The first-order valence-corrected chi connectivity index (χ1v) is 10.2. The van der Waals surface area contributed by atoms with E-state index in [-0.39, 0.29) is 11.4 Å². The number of phenols is 1. The lowest BCUT2D eigenvalue weighted by atomic mass is 10.1. The van der Waals surface area contributed by atoms with Crippen molar-refractivity contribution in [3.8, 4) is 28.5 Å². The average Bonchev–Trinajstić information content (AvgIpc) is 3.31. The first-order chi connectivity index (χ1) is 15.5. The van der Waals surface area contributed by atoms with E-state index in [1.165, 1.54) is 6.21 Å². The Kier molecular flexibility index (Phi) is 7.33. The van der Waals surface area contributed by atoms with Crippen LogP contribution in [-0.4, -0.2) is 54.7 Å². The number of phenolic OH excluding ortho intramolecular Hbond substituents is 1. The van der Waals surface area contributed by atoms with Gasteiger partial charge in [-0.3, -0.25) is 9.89 Å². The van der Waals surface area contributed by atoms with Gasteiger partial charge in [-0.25, -0.2) is 5.43 Å². The zero-order chi connectivity index (χ0) is 23.1. The summed E-state index contributed by atoms with van der Waals surface area (Å²) in [6.45, 7) is 5.79. The molecule has 3 aromatic rings. The number of aromatic amines is 1. The predicted octanol–water partition coefficient (Wildman–Crippen LogP) is 3.41. The van der Waals surface area contributed by atoms with E-state index in [0.717, 1.165) is 24.3 Å². The van der Waals surface area contributed by atoms with Gasteiger partial charge in [-0.1, -0.05) is 0 Å². The maximum Gasteiger partial charge on any atom is 0.289 e. The van der Waals surface area contributed by atoms with Crippen LogP contribution >= 0.6 is 0 Å². The van der Waals surface area contributed by atoms with Crippen LogP contribution in [0.5, 0.6) is 17.2 Å². The first kappa shape index (κ1) is 22.7. The molecule has 2 aromatic carbocycles. The molecule has 0 unspecified atom stereocenters. The number of H-pyrrole nitrogens is 1. The maximum absolute atomic E-state index is 12.4. The summed E-state index contributed by atoms with van der Waals surface area (Å²) in [7, 11) is 3.12. The lowest BCUT2D eigenvalue weighted by Gasteiger charge is -2.21. The number of anilines is 1. The quantitative estimate of drug-likeness (QED) is 0.349. The Hall–Kier alpha value is -4.01. The molecule has 1 aromatic heterocycles. The van der Waals surface area contributed by atoms with Crippen LogP contribution in [0, 0.1) is 0 Å². The molecule has 0 saturated heterocycles. The third kappa shape index (κ3) is 5.00. The van der Waals surface area contributed by atoms with E-state index in [1.54, 1.807) is 44.6 Å². The van der Waals surface area contributed by atoms with Gasteiger partial charge in [0, 0.05) is 36.0 Å². The largest absolute Gasteiger partial charge is 0.507 e. The SMILES string of the molecule is CCN(CC)c1ccc(C=NNC(=O)c2cc(-c3ccc(OC)c(OC)c3)n[nH]2)c(O)c1. The lowest BCUT2D eigenvalue weighted by molar-refractivity contribution is 0.0950. The molecule has 0 saturated carbocycles. The number of benzene rings is 2. The summed E-state index contributed by atoms with van der Waals surface area (Å²) in [5.74, 6) is 0.798. The summed E-state index contributed by atoms with van der Waals surface area (Å²) in [5, 5.41) is 21.1. The monoisotopic (exact) mass is 437 g/mol. The van der Waals surface area contributed by atoms with Crippen molar-refractivity contribution in [2.45, 2.75) is 13.8 Å². The van der Waals surface area contributed by atoms with E-state index >= 15 is 0 Å². The molecular weight excluding hydrogens is 410 g/mol. The van der Waals surface area contributed by atoms with E-state index in [9.17, 15) is 9.90 Å². The van der Waals surface area contributed by atoms with Crippen LogP contribution in [0.2, 0.25) is 0 Å². The molecule has 1 heterocycles. The predicted molar refractivity (Wildman–Crippen MR) is 124 cm³/mol. The van der Waals surface area contributed by atoms with E-state index < -0.39 is 5.91 Å². The lowest BCUT2D eigenvalue weighted by Crippen LogP contribution is -2.21. The number of methoxy groups -OCH3 is 2. The third-order valence-electron chi connectivity index (χ3n) is 5.01. The van der Waals surface area contributed by atoms with Crippen molar-refractivity contribution in [1.29, 1.82) is 0 Å². The van der Waals surface area contributed by atoms with Crippen LogP contribution in [0.25, 0.3) is 11.3 Å². The number of hydrazone groups is 1. The van der Waals surface area contributed by atoms with Crippen molar-refractivity contribution >= 4 is 17.8 Å². The first-order valence-electron chi connectivity index (χ1n) is 10.2. The zero-order valence-electron chi connectivity index (χ0n) is 18.5. The van der Waals surface area contributed by atoms with Gasteiger partial charge in [-0.05, 0) is 50.2 Å². The Morgan fingerprint density at radius 1 is 1.12 bits per heavy atom. The second-order valence-corrected chi connectivity index (χ2v) is 6.85. The van der Waals surface area contributed by atoms with E-state index in [0.29, 0.717) is 22.8 Å². The highest BCUT2D eigenvalue weighted by molar-refractivity contribution is 5.94. The molecular formula is C23H27N5O4. The molecule has 3 N–H and O–H groups in total. The maximum atomic E-state index is 12.4. The minimum Gasteiger partial charge on any atom is -0.507 e. The van der Waals surface area contributed by atoms with Gasteiger partial charge >= 0.3 is 0 Å². The molecule has 1 amide bonds. The molecule has 0 aliphatic carbocycles. The minimum absolute atomic E-state index is 0.0877. The molecule has 0 spiro atoms. The molecule has 168 valence electrons. The molecule has 0 atom stereocenters. The molecule has 0 fully saturated rings. The summed E-state index contributed by atoms with van der Waals surface area (Å²) in [5.41, 5.74) is 5.44. The van der Waals surface area contributed by atoms with Crippen molar-refractivity contribution in [1.82, 2.24) is 15.6 Å². The van der Waals surface area contributed by atoms with Gasteiger partial charge in [0.25, 0.3) is 5.91 Å². The van der Waals surface area contributed by atoms with Gasteiger partial charge in [0.1, 0.15) is 11.4 Å². The Balaban J connectivity index is 1.67. The van der Waals surface area contributed by atoms with Crippen LogP contribution in [0.1, 0.15) is 29.9 Å². The molecule has 0 aliphatic heterocycles. The van der Waals surface area contributed by atoms with Crippen LogP contribution in [0.3, 0.4) is 0 Å². The van der Waals surface area contributed by atoms with Crippen molar-refractivity contribution in [3.05, 3.63) is 53.7 Å². The Morgan fingerprint density at radius 2 is 1.88 bits per heavy atom. The number of aromatic hydroxyl groups is 1. The molecule has 9 heteroatoms. The molecule has 9 nitrogen and oxygen atoms in total. The molecule has 32 heavy (non-hydrogen) atoms. The fraction of sp³-hybridized carbons (Fsp3) is 0.261. The van der Waals surface area contributed by atoms with Crippen LogP contribution in [0.4, 0.5) is 5.69 Å². The number of aromatic nitrogens is 2. The average molecular weight is 438 g/mol. The zero-order valence-corrected chi connectivity index (χ0v) is 18.5. The fourth-order valence-electron chi connectivity index (χ4n) is 3.23.